The minimum atomic E-state index is -4.02. The summed E-state index contributed by atoms with van der Waals surface area (Å²) < 4.78 is 29.6. The fourth-order valence-electron chi connectivity index (χ4n) is 4.34. The third-order valence-corrected chi connectivity index (χ3v) is 7.26. The van der Waals surface area contributed by atoms with Crippen LogP contribution < -0.4 is 5.43 Å². The van der Waals surface area contributed by atoms with Crippen molar-refractivity contribution in [3.05, 3.63) is 41.5 Å². The molecule has 0 amide bonds. The molecule has 1 heterocycles. The molecule has 0 radical (unpaired) electrons. The summed E-state index contributed by atoms with van der Waals surface area (Å²) in [6.45, 7) is 2.89. The molecule has 0 fully saturated rings. The summed E-state index contributed by atoms with van der Waals surface area (Å²) in [5, 5.41) is 4.80. The zero-order valence-corrected chi connectivity index (χ0v) is 21.3. The summed E-state index contributed by atoms with van der Waals surface area (Å²) in [6.07, 6.45) is 24.2. The molecule has 6 heteroatoms. The molecule has 2 aliphatic rings. The molecule has 0 atom stereocenters. The number of nitrogens with zero attached hydrogens (tertiary/aromatic N) is 1. The molecule has 1 aromatic rings. The minimum Gasteiger partial charge on any atom is -0.310 e. The first-order chi connectivity index (χ1) is 16.0. The summed E-state index contributed by atoms with van der Waals surface area (Å²) >= 11 is 0. The van der Waals surface area contributed by atoms with Gasteiger partial charge in [-0.25, -0.2) is 0 Å². The van der Waals surface area contributed by atoms with E-state index < -0.39 is 10.1 Å². The minimum absolute atomic E-state index is 0.0666. The van der Waals surface area contributed by atoms with Gasteiger partial charge in [-0.3, -0.25) is 4.55 Å². The second kappa shape index (κ2) is 16.0. The Balaban J connectivity index is 0.000000294. The Morgan fingerprint density at radius 2 is 1.30 bits per heavy atom. The Kier molecular flexibility index (Phi) is 13.4. The van der Waals surface area contributed by atoms with Gasteiger partial charge in [-0.05, 0) is 69.6 Å². The predicted molar refractivity (Wildman–Crippen MR) is 138 cm³/mol. The fourth-order valence-corrected chi connectivity index (χ4v) is 4.82. The highest BCUT2D eigenvalue weighted by Crippen LogP contribution is 2.20. The zero-order chi connectivity index (χ0) is 23.8. The quantitative estimate of drug-likeness (QED) is 0.437. The van der Waals surface area contributed by atoms with E-state index in [4.69, 9.17) is 9.65 Å². The second-order valence-corrected chi connectivity index (χ2v) is 10.8. The summed E-state index contributed by atoms with van der Waals surface area (Å²) in [4.78, 5) is -0.0666. The van der Waals surface area contributed by atoms with Crippen molar-refractivity contribution in [2.45, 2.75) is 115 Å². The van der Waals surface area contributed by atoms with Crippen LogP contribution >= 0.6 is 0 Å². The molecule has 5 nitrogen and oxygen atoms in total. The van der Waals surface area contributed by atoms with Crippen molar-refractivity contribution < 1.29 is 13.0 Å². The van der Waals surface area contributed by atoms with Crippen molar-refractivity contribution >= 4 is 15.8 Å². The Hall–Kier alpha value is -1.66. The molecule has 0 unspecified atom stereocenters. The molecule has 33 heavy (non-hydrogen) atoms. The number of nitrogens with one attached hydrogen (secondary N) is 1. The Bertz CT molecular complexity index is 795. The van der Waals surface area contributed by atoms with Crippen molar-refractivity contribution in [1.82, 2.24) is 5.43 Å². The number of hydrogen-bond acceptors (Lipinski definition) is 4. The molecule has 2 N–H and O–H groups in total. The lowest BCUT2D eigenvalue weighted by Crippen LogP contribution is -2.14. The van der Waals surface area contributed by atoms with Gasteiger partial charge in [-0.1, -0.05) is 81.6 Å². The van der Waals surface area contributed by atoms with Crippen molar-refractivity contribution in [2.75, 3.05) is 6.54 Å². The molecule has 0 bridgehead atoms. The van der Waals surface area contributed by atoms with Gasteiger partial charge in [0.1, 0.15) is 0 Å². The van der Waals surface area contributed by atoms with Gasteiger partial charge in [0.05, 0.1) is 10.6 Å². The van der Waals surface area contributed by atoms with Gasteiger partial charge in [-0.15, -0.1) is 0 Å². The topological polar surface area (TPSA) is 78.8 Å². The molecular formula is C27H44N2O3S. The lowest BCUT2D eigenvalue weighted by molar-refractivity contribution is 0.483. The highest BCUT2D eigenvalue weighted by Gasteiger charge is 2.10. The molecule has 1 aromatic carbocycles. The van der Waals surface area contributed by atoms with Gasteiger partial charge in [0.2, 0.25) is 0 Å². The van der Waals surface area contributed by atoms with E-state index in [0.29, 0.717) is 0 Å². The van der Waals surface area contributed by atoms with Gasteiger partial charge >= 0.3 is 0 Å². The molecule has 0 aromatic heterocycles. The first-order valence-electron chi connectivity index (χ1n) is 13.0. The van der Waals surface area contributed by atoms with Crippen LogP contribution in [0.25, 0.3) is 0 Å². The molecule has 1 aliphatic heterocycles. The first kappa shape index (κ1) is 27.6. The number of hydrazone groups is 1. The molecule has 3 rings (SSSR count). The predicted octanol–water partition coefficient (Wildman–Crippen LogP) is 7.37. The van der Waals surface area contributed by atoms with Crippen LogP contribution in [0, 0.1) is 6.92 Å². The Morgan fingerprint density at radius 1 is 0.758 bits per heavy atom. The monoisotopic (exact) mass is 476 g/mol. The van der Waals surface area contributed by atoms with Gasteiger partial charge in [0.15, 0.2) is 0 Å². The van der Waals surface area contributed by atoms with E-state index in [0.717, 1.165) is 12.1 Å². The van der Waals surface area contributed by atoms with Crippen LogP contribution in [-0.4, -0.2) is 25.2 Å². The highest BCUT2D eigenvalue weighted by atomic mass is 32.2. The molecule has 186 valence electrons. The van der Waals surface area contributed by atoms with Crippen LogP contribution in [0.1, 0.15) is 108 Å². The third-order valence-electron chi connectivity index (χ3n) is 6.40. The van der Waals surface area contributed by atoms with Gasteiger partial charge < -0.3 is 5.43 Å². The second-order valence-electron chi connectivity index (χ2n) is 9.37. The van der Waals surface area contributed by atoms with Crippen LogP contribution in [0.2, 0.25) is 0 Å². The largest absolute Gasteiger partial charge is 0.310 e. The average Bonchev–Trinajstić information content (AvgIpc) is 2.89. The number of rotatable bonds is 2. The maximum absolute atomic E-state index is 10.5. The maximum atomic E-state index is 10.5. The van der Waals surface area contributed by atoms with Crippen LogP contribution in [0.3, 0.4) is 0 Å². The third kappa shape index (κ3) is 12.4. The molecule has 0 saturated carbocycles. The normalized spacial score (nSPS) is 19.8. The number of allylic oxidation sites excluding steroid dienone is 2. The summed E-state index contributed by atoms with van der Waals surface area (Å²) in [6, 6.07) is 5.99. The number of benzene rings is 1. The van der Waals surface area contributed by atoms with Crippen LogP contribution in [0.5, 0.6) is 0 Å². The van der Waals surface area contributed by atoms with E-state index in [9.17, 15) is 8.42 Å². The molecule has 0 saturated heterocycles. The van der Waals surface area contributed by atoms with E-state index >= 15 is 0 Å². The number of hydrogen-bond donors (Lipinski definition) is 2. The molecule has 0 spiro atoms. The SMILES string of the molecule is C1=C(C2=NNCCCCCCCC2)CCCCCCCCC1.Cc1ccc(S(=O)(=O)O)cc1. The average molecular weight is 477 g/mol. The first-order valence-corrected chi connectivity index (χ1v) is 14.4. The van der Waals surface area contributed by atoms with E-state index in [1.54, 1.807) is 17.7 Å². The van der Waals surface area contributed by atoms with Gasteiger partial charge in [-0.2, -0.15) is 13.5 Å². The van der Waals surface area contributed by atoms with Crippen molar-refractivity contribution in [3.8, 4) is 0 Å². The van der Waals surface area contributed by atoms with Gasteiger partial charge in [0, 0.05) is 6.54 Å². The molecular weight excluding hydrogens is 432 g/mol. The summed E-state index contributed by atoms with van der Waals surface area (Å²) in [5.41, 5.74) is 7.25. The smallest absolute Gasteiger partial charge is 0.294 e. The lowest BCUT2D eigenvalue weighted by Gasteiger charge is -2.12. The van der Waals surface area contributed by atoms with Gasteiger partial charge in [0.25, 0.3) is 10.1 Å². The van der Waals surface area contributed by atoms with Crippen molar-refractivity contribution in [2.24, 2.45) is 5.10 Å². The maximum Gasteiger partial charge on any atom is 0.294 e. The molecule has 1 aliphatic carbocycles. The highest BCUT2D eigenvalue weighted by molar-refractivity contribution is 7.85. The Morgan fingerprint density at radius 3 is 1.94 bits per heavy atom. The van der Waals surface area contributed by atoms with E-state index in [-0.39, 0.29) is 4.90 Å². The summed E-state index contributed by atoms with van der Waals surface area (Å²) in [5.74, 6) is 0. The van der Waals surface area contributed by atoms with Crippen LogP contribution in [0.15, 0.2) is 45.9 Å². The van der Waals surface area contributed by atoms with Crippen molar-refractivity contribution in [1.29, 1.82) is 0 Å². The zero-order valence-electron chi connectivity index (χ0n) is 20.5. The Labute approximate surface area is 201 Å². The van der Waals surface area contributed by atoms with Crippen molar-refractivity contribution in [3.63, 3.8) is 0 Å². The van der Waals surface area contributed by atoms with E-state index in [2.05, 4.69) is 11.5 Å². The van der Waals surface area contributed by atoms with Crippen LogP contribution in [-0.2, 0) is 10.1 Å². The van der Waals surface area contributed by atoms with Crippen LogP contribution in [0.4, 0.5) is 0 Å². The fraction of sp³-hybridized carbons (Fsp3) is 0.667. The number of aryl methyl sites for hydroxylation is 1. The van der Waals surface area contributed by atoms with E-state index in [1.165, 1.54) is 121 Å². The standard InChI is InChI=1S/C20H36N2.C7H8O3S/c1-2-4-8-12-16-19(15-11-7-3-1)20-17-13-9-5-6-10-14-18-21-22-20;1-6-2-4-7(5-3-6)11(8,9)10/h15,21H,1-14,16-18H2;2-5H,1H3,(H,8,9,10). The lowest BCUT2D eigenvalue weighted by atomic mass is 9.97. The van der Waals surface area contributed by atoms with E-state index in [1.807, 2.05) is 6.92 Å². The summed E-state index contributed by atoms with van der Waals surface area (Å²) in [7, 11) is -4.02.